The zero-order chi connectivity index (χ0) is 34.2. The molecular formula is C37H65NO7P+. The average molecular weight is 667 g/mol. The van der Waals surface area contributed by atoms with Crippen molar-refractivity contribution in [3.05, 3.63) is 72.9 Å². The molecule has 9 heteroatoms. The molecule has 8 nitrogen and oxygen atoms in total. The monoisotopic (exact) mass is 666 g/mol. The number of allylic oxidation sites excluding steroid dienone is 12. The van der Waals surface area contributed by atoms with E-state index in [9.17, 15) is 14.3 Å². The minimum atomic E-state index is -4.27. The van der Waals surface area contributed by atoms with Crippen molar-refractivity contribution in [2.45, 2.75) is 103 Å². The smallest absolute Gasteiger partial charge is 0.457 e. The van der Waals surface area contributed by atoms with Crippen LogP contribution in [0.4, 0.5) is 0 Å². The molecule has 264 valence electrons. The second kappa shape index (κ2) is 30.3. The van der Waals surface area contributed by atoms with E-state index in [1.807, 2.05) is 21.1 Å². The molecule has 0 saturated heterocycles. The largest absolute Gasteiger partial charge is 0.472 e. The summed E-state index contributed by atoms with van der Waals surface area (Å²) >= 11 is 0. The standard InChI is InChI=1S/C37H64NO7P/c1-6-8-10-12-13-14-15-16-17-18-19-20-21-22-23-24-25-26-27-29-32-42-34-36(45-37(39)30-28-11-9-7-2)35-44-46(40,41)43-33-31-38(3,4)5/h8,10,13-14,16-17,19-20,22-23,25-26,36H,6-7,9,11-12,15,18,21,24,27-35H2,1-5H3/p+1/b10-8-,14-13-,17-16-,20-19-,23-22-,26-25-. The number of likely N-dealkylation sites (N-methyl/N-ethyl adjacent to an activating group) is 1. The van der Waals surface area contributed by atoms with E-state index in [0.717, 1.165) is 77.0 Å². The van der Waals surface area contributed by atoms with Crippen LogP contribution in [0.15, 0.2) is 72.9 Å². The number of quaternary nitrogens is 1. The summed E-state index contributed by atoms with van der Waals surface area (Å²) in [5.74, 6) is -0.356. The molecule has 0 aromatic rings. The molecule has 0 rings (SSSR count). The van der Waals surface area contributed by atoms with Crippen LogP contribution in [0.3, 0.4) is 0 Å². The van der Waals surface area contributed by atoms with Crippen LogP contribution >= 0.6 is 7.82 Å². The number of hydrogen-bond acceptors (Lipinski definition) is 6. The number of ether oxygens (including phenoxy) is 2. The summed E-state index contributed by atoms with van der Waals surface area (Å²) < 4.78 is 34.4. The maximum absolute atomic E-state index is 12.3. The predicted molar refractivity (Wildman–Crippen MR) is 192 cm³/mol. The van der Waals surface area contributed by atoms with Gasteiger partial charge in [-0.3, -0.25) is 13.8 Å². The van der Waals surface area contributed by atoms with Gasteiger partial charge in [-0.1, -0.05) is 106 Å². The zero-order valence-electron chi connectivity index (χ0n) is 29.5. The van der Waals surface area contributed by atoms with Gasteiger partial charge in [-0.05, 0) is 57.8 Å². The van der Waals surface area contributed by atoms with Gasteiger partial charge in [-0.2, -0.15) is 0 Å². The molecule has 0 aliphatic rings. The molecule has 0 radical (unpaired) electrons. The third-order valence-corrected chi connectivity index (χ3v) is 7.52. The highest BCUT2D eigenvalue weighted by molar-refractivity contribution is 7.47. The molecule has 0 aromatic carbocycles. The van der Waals surface area contributed by atoms with Crippen LogP contribution in [0, 0.1) is 0 Å². The predicted octanol–water partition coefficient (Wildman–Crippen LogP) is 9.20. The molecule has 0 fully saturated rings. The van der Waals surface area contributed by atoms with Gasteiger partial charge in [0.15, 0.2) is 0 Å². The number of phosphoric ester groups is 1. The molecule has 0 spiro atoms. The highest BCUT2D eigenvalue weighted by Crippen LogP contribution is 2.43. The molecule has 2 atom stereocenters. The lowest BCUT2D eigenvalue weighted by Crippen LogP contribution is -2.37. The van der Waals surface area contributed by atoms with Crippen LogP contribution in [0.5, 0.6) is 0 Å². The van der Waals surface area contributed by atoms with Crippen molar-refractivity contribution < 1.29 is 37.3 Å². The number of hydrogen-bond donors (Lipinski definition) is 1. The first kappa shape index (κ1) is 43.9. The van der Waals surface area contributed by atoms with Gasteiger partial charge >= 0.3 is 13.8 Å². The average Bonchev–Trinajstić information content (AvgIpc) is 2.99. The summed E-state index contributed by atoms with van der Waals surface area (Å²) in [4.78, 5) is 22.4. The lowest BCUT2D eigenvalue weighted by molar-refractivity contribution is -0.870. The van der Waals surface area contributed by atoms with Crippen LogP contribution in [0.2, 0.25) is 0 Å². The van der Waals surface area contributed by atoms with Gasteiger partial charge in [0.25, 0.3) is 0 Å². The molecule has 0 bridgehead atoms. The molecule has 0 amide bonds. The third kappa shape index (κ3) is 33.3. The molecule has 0 aliphatic heterocycles. The number of carbonyl (C=O) groups excluding carboxylic acids is 1. The summed E-state index contributed by atoms with van der Waals surface area (Å²) in [5.41, 5.74) is 0. The van der Waals surface area contributed by atoms with Crippen LogP contribution < -0.4 is 0 Å². The first-order chi connectivity index (χ1) is 22.1. The van der Waals surface area contributed by atoms with Crippen LogP contribution in [0.1, 0.15) is 97.3 Å². The van der Waals surface area contributed by atoms with Crippen LogP contribution in [-0.4, -0.2) is 75.6 Å². The quantitative estimate of drug-likeness (QED) is 0.0269. The van der Waals surface area contributed by atoms with Crippen molar-refractivity contribution in [3.8, 4) is 0 Å². The molecule has 46 heavy (non-hydrogen) atoms. The molecule has 0 heterocycles. The van der Waals surface area contributed by atoms with E-state index < -0.39 is 13.9 Å². The molecule has 0 aliphatic carbocycles. The number of carbonyl (C=O) groups is 1. The maximum Gasteiger partial charge on any atom is 0.472 e. The van der Waals surface area contributed by atoms with Gasteiger partial charge < -0.3 is 18.9 Å². The van der Waals surface area contributed by atoms with Crippen molar-refractivity contribution in [1.82, 2.24) is 0 Å². The van der Waals surface area contributed by atoms with Gasteiger partial charge in [0.05, 0.1) is 34.4 Å². The molecule has 0 saturated carbocycles. The van der Waals surface area contributed by atoms with E-state index in [2.05, 4.69) is 86.8 Å². The summed E-state index contributed by atoms with van der Waals surface area (Å²) in [7, 11) is 1.61. The third-order valence-electron chi connectivity index (χ3n) is 6.53. The number of phosphoric acid groups is 1. The van der Waals surface area contributed by atoms with E-state index in [4.69, 9.17) is 18.5 Å². The number of esters is 1. The first-order valence-electron chi connectivity index (χ1n) is 17.2. The fourth-order valence-corrected chi connectivity index (χ4v) is 4.60. The second-order valence-electron chi connectivity index (χ2n) is 12.2. The molecule has 1 N–H and O–H groups in total. The fourth-order valence-electron chi connectivity index (χ4n) is 3.86. The Bertz CT molecular complexity index is 963. The van der Waals surface area contributed by atoms with Crippen LogP contribution in [0.25, 0.3) is 0 Å². The first-order valence-corrected chi connectivity index (χ1v) is 18.7. The Morgan fingerprint density at radius 3 is 1.76 bits per heavy atom. The van der Waals surface area contributed by atoms with E-state index in [0.29, 0.717) is 24.1 Å². The van der Waals surface area contributed by atoms with E-state index in [-0.39, 0.29) is 25.8 Å². The number of unbranched alkanes of at least 4 members (excludes halogenated alkanes) is 4. The highest BCUT2D eigenvalue weighted by atomic mass is 31.2. The summed E-state index contributed by atoms with van der Waals surface area (Å²) in [6.45, 7) is 5.17. The topological polar surface area (TPSA) is 91.3 Å². The Balaban J connectivity index is 4.26. The van der Waals surface area contributed by atoms with Crippen molar-refractivity contribution in [2.24, 2.45) is 0 Å². The van der Waals surface area contributed by atoms with Gasteiger partial charge in [0.1, 0.15) is 19.3 Å². The summed E-state index contributed by atoms with van der Waals surface area (Å²) in [5, 5.41) is 0. The lowest BCUT2D eigenvalue weighted by Gasteiger charge is -2.24. The zero-order valence-corrected chi connectivity index (χ0v) is 30.4. The summed E-state index contributed by atoms with van der Waals surface area (Å²) in [6, 6.07) is 0. The Hall–Kier alpha value is -2.06. The summed E-state index contributed by atoms with van der Waals surface area (Å²) in [6.07, 6.45) is 37.1. The molecule has 2 unspecified atom stereocenters. The highest BCUT2D eigenvalue weighted by Gasteiger charge is 2.26. The Kier molecular flexibility index (Phi) is 28.9. The van der Waals surface area contributed by atoms with Crippen LogP contribution in [-0.2, 0) is 27.9 Å². The van der Waals surface area contributed by atoms with Gasteiger partial charge in [-0.15, -0.1) is 0 Å². The minimum Gasteiger partial charge on any atom is -0.457 e. The lowest BCUT2D eigenvalue weighted by atomic mass is 10.1. The molecular weight excluding hydrogens is 601 g/mol. The SMILES string of the molecule is CC/C=C\C/C=C\C/C=C\C/C=C\C/C=C\C/C=C\CCCOCC(COP(=O)(O)OCC[N+](C)(C)C)OC(=O)CCCCCC. The van der Waals surface area contributed by atoms with Gasteiger partial charge in [0, 0.05) is 13.0 Å². The van der Waals surface area contributed by atoms with E-state index in [1.54, 1.807) is 0 Å². The normalized spacial score (nSPS) is 15.0. The Morgan fingerprint density at radius 1 is 0.696 bits per heavy atom. The number of rotatable bonds is 30. The fraction of sp³-hybridized carbons (Fsp3) is 0.649. The Labute approximate surface area is 281 Å². The van der Waals surface area contributed by atoms with E-state index in [1.165, 1.54) is 0 Å². The van der Waals surface area contributed by atoms with Crippen molar-refractivity contribution in [2.75, 3.05) is 54.1 Å². The minimum absolute atomic E-state index is 0.0737. The van der Waals surface area contributed by atoms with E-state index >= 15 is 0 Å². The second-order valence-corrected chi connectivity index (χ2v) is 13.6. The van der Waals surface area contributed by atoms with Gasteiger partial charge in [0.2, 0.25) is 0 Å². The van der Waals surface area contributed by atoms with Crippen molar-refractivity contribution >= 4 is 13.8 Å². The van der Waals surface area contributed by atoms with Gasteiger partial charge in [-0.25, -0.2) is 4.57 Å². The maximum atomic E-state index is 12.3. The Morgan fingerprint density at radius 2 is 1.24 bits per heavy atom. The number of nitrogens with zero attached hydrogens (tertiary/aromatic N) is 1. The molecule has 0 aromatic heterocycles. The van der Waals surface area contributed by atoms with Crippen molar-refractivity contribution in [3.63, 3.8) is 0 Å². The van der Waals surface area contributed by atoms with Crippen molar-refractivity contribution in [1.29, 1.82) is 0 Å².